The van der Waals surface area contributed by atoms with E-state index < -0.39 is 0 Å². The third-order valence-electron chi connectivity index (χ3n) is 1.68. The smallest absolute Gasteiger partial charge is 0.176 e. The fourth-order valence-corrected chi connectivity index (χ4v) is 1.54. The molecule has 2 aromatic rings. The van der Waals surface area contributed by atoms with Crippen LogP contribution in [-0.2, 0) is 0 Å². The average Bonchev–Trinajstić information content (AvgIpc) is 2.71. The van der Waals surface area contributed by atoms with Gasteiger partial charge >= 0.3 is 0 Å². The second kappa shape index (κ2) is 4.01. The van der Waals surface area contributed by atoms with Crippen LogP contribution in [0.4, 0.5) is 5.82 Å². The van der Waals surface area contributed by atoms with Crippen molar-refractivity contribution >= 4 is 29.0 Å². The Morgan fingerprint density at radius 2 is 2.13 bits per heavy atom. The highest BCUT2D eigenvalue weighted by molar-refractivity contribution is 6.36. The number of hydrogen-bond acceptors (Lipinski definition) is 5. The van der Waals surface area contributed by atoms with Crippen LogP contribution >= 0.6 is 23.2 Å². The summed E-state index contributed by atoms with van der Waals surface area (Å²) in [5.41, 5.74) is 2.36. The zero-order valence-electron chi connectivity index (χ0n) is 7.35. The minimum atomic E-state index is 0.326. The van der Waals surface area contributed by atoms with E-state index in [0.29, 0.717) is 21.7 Å². The summed E-state index contributed by atoms with van der Waals surface area (Å²) in [6.07, 6.45) is 2.85. The molecule has 2 aromatic heterocycles. The molecule has 78 valence electrons. The van der Waals surface area contributed by atoms with E-state index in [1.165, 1.54) is 23.4 Å². The van der Waals surface area contributed by atoms with Gasteiger partial charge in [0.15, 0.2) is 11.6 Å². The SMILES string of the molecule is NNc1nc(-n2cncn2)c(Cl)cc1Cl. The molecular formula is C7H6Cl2N6. The number of halogens is 2. The Balaban J connectivity index is 2.57. The van der Waals surface area contributed by atoms with E-state index in [4.69, 9.17) is 29.0 Å². The molecule has 3 N–H and O–H groups in total. The number of anilines is 1. The van der Waals surface area contributed by atoms with Gasteiger partial charge in [0, 0.05) is 0 Å². The summed E-state index contributed by atoms with van der Waals surface area (Å²) < 4.78 is 1.42. The molecule has 0 fully saturated rings. The number of aromatic nitrogens is 4. The second-order valence-corrected chi connectivity index (χ2v) is 3.42. The topological polar surface area (TPSA) is 81.6 Å². The fraction of sp³-hybridized carbons (Fsp3) is 0. The third-order valence-corrected chi connectivity index (χ3v) is 2.25. The lowest BCUT2D eigenvalue weighted by molar-refractivity contribution is 0.846. The number of nitrogens with one attached hydrogen (secondary N) is 1. The summed E-state index contributed by atoms with van der Waals surface area (Å²) in [6.45, 7) is 0. The quantitative estimate of drug-likeness (QED) is 0.614. The zero-order valence-corrected chi connectivity index (χ0v) is 8.87. The predicted molar refractivity (Wildman–Crippen MR) is 57.0 cm³/mol. The van der Waals surface area contributed by atoms with Crippen molar-refractivity contribution in [2.45, 2.75) is 0 Å². The summed E-state index contributed by atoms with van der Waals surface area (Å²) in [4.78, 5) is 7.88. The molecule has 0 amide bonds. The van der Waals surface area contributed by atoms with Crippen molar-refractivity contribution in [3.8, 4) is 5.82 Å². The number of nitrogen functional groups attached to an aromatic ring is 1. The minimum Gasteiger partial charge on any atom is -0.307 e. The van der Waals surface area contributed by atoms with Crippen molar-refractivity contribution in [3.63, 3.8) is 0 Å². The van der Waals surface area contributed by atoms with Crippen LogP contribution in [0.3, 0.4) is 0 Å². The first-order valence-electron chi connectivity index (χ1n) is 3.90. The van der Waals surface area contributed by atoms with E-state index in [1.807, 2.05) is 0 Å². The van der Waals surface area contributed by atoms with Gasteiger partial charge in [-0.25, -0.2) is 20.5 Å². The Hall–Kier alpha value is -1.37. The normalized spacial score (nSPS) is 10.3. The van der Waals surface area contributed by atoms with E-state index in [2.05, 4.69) is 20.5 Å². The largest absolute Gasteiger partial charge is 0.307 e. The first-order valence-corrected chi connectivity index (χ1v) is 4.65. The van der Waals surface area contributed by atoms with Gasteiger partial charge in [0.1, 0.15) is 12.7 Å². The van der Waals surface area contributed by atoms with Crippen LogP contribution in [0.1, 0.15) is 0 Å². The molecular weight excluding hydrogens is 239 g/mol. The number of rotatable bonds is 2. The fourth-order valence-electron chi connectivity index (χ4n) is 1.04. The van der Waals surface area contributed by atoms with Crippen molar-refractivity contribution in [1.29, 1.82) is 0 Å². The summed E-state index contributed by atoms with van der Waals surface area (Å²) >= 11 is 11.8. The molecule has 0 spiro atoms. The highest BCUT2D eigenvalue weighted by atomic mass is 35.5. The van der Waals surface area contributed by atoms with Gasteiger partial charge in [0.25, 0.3) is 0 Å². The van der Waals surface area contributed by atoms with Crippen LogP contribution in [0.15, 0.2) is 18.7 Å². The minimum absolute atomic E-state index is 0.326. The Labute approximate surface area is 95.0 Å². The highest BCUT2D eigenvalue weighted by Gasteiger charge is 2.10. The van der Waals surface area contributed by atoms with E-state index in [-0.39, 0.29) is 0 Å². The van der Waals surface area contributed by atoms with Crippen LogP contribution in [-0.4, -0.2) is 19.7 Å². The van der Waals surface area contributed by atoms with Gasteiger partial charge in [-0.15, -0.1) is 0 Å². The van der Waals surface area contributed by atoms with Crippen LogP contribution in [0.5, 0.6) is 0 Å². The molecule has 0 aliphatic heterocycles. The molecule has 0 saturated heterocycles. The second-order valence-electron chi connectivity index (χ2n) is 2.61. The molecule has 15 heavy (non-hydrogen) atoms. The standard InChI is InChI=1S/C7H6Cl2N6/c8-4-1-5(9)7(13-6(4)14-10)15-3-11-2-12-15/h1-3H,10H2,(H,13,14). The lowest BCUT2D eigenvalue weighted by Crippen LogP contribution is -2.11. The number of nitrogens with zero attached hydrogens (tertiary/aromatic N) is 4. The van der Waals surface area contributed by atoms with E-state index in [1.54, 1.807) is 0 Å². The van der Waals surface area contributed by atoms with Gasteiger partial charge in [0.05, 0.1) is 10.0 Å². The van der Waals surface area contributed by atoms with Crippen molar-refractivity contribution in [1.82, 2.24) is 19.7 Å². The van der Waals surface area contributed by atoms with Gasteiger partial charge in [-0.05, 0) is 6.07 Å². The molecule has 0 aliphatic carbocycles. The monoisotopic (exact) mass is 244 g/mol. The lowest BCUT2D eigenvalue weighted by Gasteiger charge is -2.07. The van der Waals surface area contributed by atoms with Crippen LogP contribution < -0.4 is 11.3 Å². The first kappa shape index (κ1) is 10.2. The van der Waals surface area contributed by atoms with Gasteiger partial charge in [-0.1, -0.05) is 23.2 Å². The van der Waals surface area contributed by atoms with Crippen LogP contribution in [0, 0.1) is 0 Å². The van der Waals surface area contributed by atoms with Gasteiger partial charge < -0.3 is 5.43 Å². The summed E-state index contributed by atoms with van der Waals surface area (Å²) in [7, 11) is 0. The molecule has 0 radical (unpaired) electrons. The number of nitrogens with two attached hydrogens (primary N) is 1. The predicted octanol–water partition coefficient (Wildman–Crippen LogP) is 1.25. The molecule has 6 nitrogen and oxygen atoms in total. The molecule has 2 rings (SSSR count). The third kappa shape index (κ3) is 1.87. The maximum atomic E-state index is 5.95. The number of hydrazine groups is 1. The maximum Gasteiger partial charge on any atom is 0.176 e. The van der Waals surface area contributed by atoms with Crippen LogP contribution in [0.2, 0.25) is 10.0 Å². The molecule has 0 aromatic carbocycles. The molecule has 0 atom stereocenters. The van der Waals surface area contributed by atoms with E-state index in [0.717, 1.165) is 0 Å². The highest BCUT2D eigenvalue weighted by Crippen LogP contribution is 2.26. The van der Waals surface area contributed by atoms with Crippen molar-refractivity contribution in [3.05, 3.63) is 28.8 Å². The molecule has 8 heteroatoms. The van der Waals surface area contributed by atoms with E-state index >= 15 is 0 Å². The Morgan fingerprint density at radius 3 is 2.73 bits per heavy atom. The summed E-state index contributed by atoms with van der Waals surface area (Å²) in [5, 5.41) is 4.60. The molecule has 0 saturated carbocycles. The van der Waals surface area contributed by atoms with Gasteiger partial charge in [0.2, 0.25) is 0 Å². The molecule has 0 aliphatic rings. The zero-order chi connectivity index (χ0) is 10.8. The summed E-state index contributed by atoms with van der Waals surface area (Å²) in [5.74, 6) is 5.97. The average molecular weight is 245 g/mol. The number of pyridine rings is 1. The van der Waals surface area contributed by atoms with Gasteiger partial charge in [-0.2, -0.15) is 5.10 Å². The molecule has 0 bridgehead atoms. The van der Waals surface area contributed by atoms with Gasteiger partial charge in [-0.3, -0.25) is 0 Å². The Bertz CT molecular complexity index is 469. The lowest BCUT2D eigenvalue weighted by atomic mass is 10.4. The van der Waals surface area contributed by atoms with Crippen molar-refractivity contribution < 1.29 is 0 Å². The summed E-state index contributed by atoms with van der Waals surface area (Å²) in [6, 6.07) is 1.53. The van der Waals surface area contributed by atoms with Crippen molar-refractivity contribution in [2.24, 2.45) is 5.84 Å². The maximum absolute atomic E-state index is 5.95. The Morgan fingerprint density at radius 1 is 1.33 bits per heavy atom. The molecule has 0 unspecified atom stereocenters. The molecule has 2 heterocycles. The number of hydrogen-bond donors (Lipinski definition) is 2. The van der Waals surface area contributed by atoms with Crippen molar-refractivity contribution in [2.75, 3.05) is 5.43 Å². The Kier molecular flexibility index (Phi) is 2.72. The van der Waals surface area contributed by atoms with E-state index in [9.17, 15) is 0 Å². The first-order chi connectivity index (χ1) is 7.22. The van der Waals surface area contributed by atoms with Crippen LogP contribution in [0.25, 0.3) is 5.82 Å².